The molecule has 7 heteroatoms. The third-order valence-corrected chi connectivity index (χ3v) is 3.89. The lowest BCUT2D eigenvalue weighted by Gasteiger charge is -2.25. The Labute approximate surface area is 121 Å². The average molecular weight is 291 g/mol. The van der Waals surface area contributed by atoms with E-state index in [1.807, 2.05) is 0 Å². The summed E-state index contributed by atoms with van der Waals surface area (Å²) >= 11 is 0. The summed E-state index contributed by atoms with van der Waals surface area (Å²) in [7, 11) is 0. The van der Waals surface area contributed by atoms with Crippen molar-refractivity contribution in [1.29, 1.82) is 0 Å². The number of aliphatic hydroxyl groups excluding tert-OH is 1. The summed E-state index contributed by atoms with van der Waals surface area (Å²) in [5, 5.41) is 23.7. The Kier molecular flexibility index (Phi) is 3.74. The topological polar surface area (TPSA) is 101 Å². The number of aromatic nitrogens is 1. The number of nitrogens with one attached hydrogen (secondary N) is 1. The van der Waals surface area contributed by atoms with Gasteiger partial charge in [-0.3, -0.25) is 10.1 Å². The van der Waals surface area contributed by atoms with Crippen molar-refractivity contribution in [3.05, 3.63) is 28.3 Å². The number of hydrogen-bond donors (Lipinski definition) is 2. The molecular formula is C14H17N3O4. The van der Waals surface area contributed by atoms with Gasteiger partial charge in [0.25, 0.3) is 11.7 Å². The zero-order valence-electron chi connectivity index (χ0n) is 11.5. The first kappa shape index (κ1) is 13.8. The van der Waals surface area contributed by atoms with Gasteiger partial charge in [0.2, 0.25) is 0 Å². The second-order valence-corrected chi connectivity index (χ2v) is 5.47. The standard InChI is InChI=1S/C14H17N3O4/c18-10-4-1-3-9(7-10)8-15-14-16-13-11(17(19)20)5-2-6-12(13)21-14/h2,5-6,9-10,18H,1,3-4,7-8H2,(H,15,16). The zero-order valence-corrected chi connectivity index (χ0v) is 11.5. The molecule has 1 aromatic carbocycles. The number of benzene rings is 1. The summed E-state index contributed by atoms with van der Waals surface area (Å²) in [5.74, 6) is 0.374. The van der Waals surface area contributed by atoms with Gasteiger partial charge >= 0.3 is 0 Å². The van der Waals surface area contributed by atoms with Gasteiger partial charge in [-0.15, -0.1) is 0 Å². The van der Waals surface area contributed by atoms with E-state index in [9.17, 15) is 15.2 Å². The number of nitrogens with zero attached hydrogens (tertiary/aromatic N) is 2. The van der Waals surface area contributed by atoms with E-state index in [0.29, 0.717) is 24.1 Å². The quantitative estimate of drug-likeness (QED) is 0.663. The van der Waals surface area contributed by atoms with E-state index in [1.165, 1.54) is 6.07 Å². The average Bonchev–Trinajstić information content (AvgIpc) is 2.87. The molecule has 112 valence electrons. The first-order valence-corrected chi connectivity index (χ1v) is 7.09. The van der Waals surface area contributed by atoms with Crippen LogP contribution in [0.3, 0.4) is 0 Å². The van der Waals surface area contributed by atoms with Crippen LogP contribution in [-0.2, 0) is 0 Å². The van der Waals surface area contributed by atoms with Gasteiger partial charge in [-0.05, 0) is 31.2 Å². The van der Waals surface area contributed by atoms with Crippen molar-refractivity contribution >= 4 is 22.8 Å². The summed E-state index contributed by atoms with van der Waals surface area (Å²) in [6.45, 7) is 0.650. The van der Waals surface area contributed by atoms with Crippen molar-refractivity contribution in [2.45, 2.75) is 31.8 Å². The first-order valence-electron chi connectivity index (χ1n) is 7.09. The molecule has 1 saturated carbocycles. The minimum absolute atomic E-state index is 0.0580. The van der Waals surface area contributed by atoms with Crippen LogP contribution in [0.4, 0.5) is 11.7 Å². The zero-order chi connectivity index (χ0) is 14.8. The van der Waals surface area contributed by atoms with E-state index in [2.05, 4.69) is 10.3 Å². The Hall–Kier alpha value is -2.15. The van der Waals surface area contributed by atoms with Gasteiger partial charge < -0.3 is 14.8 Å². The van der Waals surface area contributed by atoms with Crippen molar-refractivity contribution < 1.29 is 14.4 Å². The molecule has 2 aromatic rings. The van der Waals surface area contributed by atoms with Crippen molar-refractivity contribution in [2.75, 3.05) is 11.9 Å². The maximum absolute atomic E-state index is 10.9. The smallest absolute Gasteiger partial charge is 0.298 e. The highest BCUT2D eigenvalue weighted by atomic mass is 16.6. The van der Waals surface area contributed by atoms with Crippen LogP contribution in [-0.4, -0.2) is 27.7 Å². The number of fused-ring (bicyclic) bond motifs is 1. The van der Waals surface area contributed by atoms with Gasteiger partial charge in [-0.25, -0.2) is 0 Å². The summed E-state index contributed by atoms with van der Waals surface area (Å²) in [6.07, 6.45) is 3.49. The van der Waals surface area contributed by atoms with E-state index in [-0.39, 0.29) is 17.3 Å². The number of nitro benzene ring substituents is 1. The molecule has 2 atom stereocenters. The van der Waals surface area contributed by atoms with E-state index in [0.717, 1.165) is 25.7 Å². The molecule has 3 rings (SSSR count). The van der Waals surface area contributed by atoms with Crippen molar-refractivity contribution in [1.82, 2.24) is 4.98 Å². The van der Waals surface area contributed by atoms with Crippen LogP contribution in [0, 0.1) is 16.0 Å². The van der Waals surface area contributed by atoms with E-state index in [4.69, 9.17) is 4.42 Å². The van der Waals surface area contributed by atoms with Gasteiger partial charge in [-0.1, -0.05) is 12.5 Å². The minimum atomic E-state index is -0.466. The van der Waals surface area contributed by atoms with Crippen molar-refractivity contribution in [2.24, 2.45) is 5.92 Å². The molecule has 21 heavy (non-hydrogen) atoms. The van der Waals surface area contributed by atoms with Gasteiger partial charge in [-0.2, -0.15) is 4.98 Å². The Morgan fingerprint density at radius 1 is 1.48 bits per heavy atom. The molecule has 2 N–H and O–H groups in total. The van der Waals surface area contributed by atoms with Crippen LogP contribution in [0.15, 0.2) is 22.6 Å². The fourth-order valence-corrected chi connectivity index (χ4v) is 2.84. The van der Waals surface area contributed by atoms with Crippen LogP contribution in [0.25, 0.3) is 11.1 Å². The third kappa shape index (κ3) is 2.97. The monoisotopic (exact) mass is 291 g/mol. The van der Waals surface area contributed by atoms with Crippen molar-refractivity contribution in [3.8, 4) is 0 Å². The molecule has 0 radical (unpaired) electrons. The van der Waals surface area contributed by atoms with Gasteiger partial charge in [0, 0.05) is 12.6 Å². The van der Waals surface area contributed by atoms with Crippen LogP contribution < -0.4 is 5.32 Å². The molecule has 1 fully saturated rings. The minimum Gasteiger partial charge on any atom is -0.423 e. The largest absolute Gasteiger partial charge is 0.423 e. The molecule has 0 spiro atoms. The number of non-ortho nitro benzene ring substituents is 1. The molecular weight excluding hydrogens is 274 g/mol. The molecule has 0 amide bonds. The highest BCUT2D eigenvalue weighted by Crippen LogP contribution is 2.28. The summed E-state index contributed by atoms with van der Waals surface area (Å²) in [5.41, 5.74) is 0.599. The molecule has 1 aliphatic carbocycles. The summed E-state index contributed by atoms with van der Waals surface area (Å²) in [4.78, 5) is 14.6. The number of oxazole rings is 1. The number of hydrogen-bond acceptors (Lipinski definition) is 6. The third-order valence-electron chi connectivity index (χ3n) is 3.89. The molecule has 0 aliphatic heterocycles. The number of aliphatic hydroxyl groups is 1. The highest BCUT2D eigenvalue weighted by Gasteiger charge is 2.21. The predicted molar refractivity (Wildman–Crippen MR) is 77.1 cm³/mol. The lowest BCUT2D eigenvalue weighted by Crippen LogP contribution is -2.25. The predicted octanol–water partition coefficient (Wildman–Crippen LogP) is 2.70. The Bertz CT molecular complexity index is 655. The number of nitro groups is 1. The lowest BCUT2D eigenvalue weighted by molar-refractivity contribution is -0.383. The van der Waals surface area contributed by atoms with Gasteiger partial charge in [0.15, 0.2) is 11.1 Å². The molecule has 0 saturated heterocycles. The second kappa shape index (κ2) is 5.69. The van der Waals surface area contributed by atoms with Crippen LogP contribution in [0.5, 0.6) is 0 Å². The Balaban J connectivity index is 1.73. The fraction of sp³-hybridized carbons (Fsp3) is 0.500. The Morgan fingerprint density at radius 2 is 2.33 bits per heavy atom. The SMILES string of the molecule is O=[N+]([O-])c1cccc2oc(NCC3CCCC(O)C3)nc12. The molecule has 2 unspecified atom stereocenters. The Morgan fingerprint density at radius 3 is 3.10 bits per heavy atom. The number of rotatable bonds is 4. The molecule has 7 nitrogen and oxygen atoms in total. The second-order valence-electron chi connectivity index (χ2n) is 5.47. The molecule has 1 aromatic heterocycles. The van der Waals surface area contributed by atoms with Gasteiger partial charge in [0.1, 0.15) is 0 Å². The lowest BCUT2D eigenvalue weighted by atomic mass is 9.87. The van der Waals surface area contributed by atoms with Gasteiger partial charge in [0.05, 0.1) is 11.0 Å². The van der Waals surface area contributed by atoms with Crippen LogP contribution in [0.1, 0.15) is 25.7 Å². The van der Waals surface area contributed by atoms with Crippen LogP contribution in [0.2, 0.25) is 0 Å². The number of para-hydroxylation sites is 1. The molecule has 1 heterocycles. The number of anilines is 1. The summed E-state index contributed by atoms with van der Waals surface area (Å²) < 4.78 is 5.49. The first-order chi connectivity index (χ1) is 10.1. The normalized spacial score (nSPS) is 22.3. The van der Waals surface area contributed by atoms with E-state index < -0.39 is 4.92 Å². The highest BCUT2D eigenvalue weighted by molar-refractivity contribution is 5.83. The van der Waals surface area contributed by atoms with Crippen molar-refractivity contribution in [3.63, 3.8) is 0 Å². The van der Waals surface area contributed by atoms with E-state index in [1.54, 1.807) is 12.1 Å². The summed E-state index contributed by atoms with van der Waals surface area (Å²) in [6, 6.07) is 4.93. The molecule has 1 aliphatic rings. The maximum Gasteiger partial charge on any atom is 0.298 e. The fourth-order valence-electron chi connectivity index (χ4n) is 2.84. The van der Waals surface area contributed by atoms with Crippen LogP contribution >= 0.6 is 0 Å². The maximum atomic E-state index is 10.9. The molecule has 0 bridgehead atoms. The van der Waals surface area contributed by atoms with E-state index >= 15 is 0 Å².